The van der Waals surface area contributed by atoms with Crippen LogP contribution in [0.15, 0.2) is 0 Å². The molecule has 0 radical (unpaired) electrons. The molecule has 0 aromatic heterocycles. The van der Waals surface area contributed by atoms with Crippen molar-refractivity contribution in [3.63, 3.8) is 0 Å². The molecule has 11 heteroatoms. The summed E-state index contributed by atoms with van der Waals surface area (Å²) in [7, 11) is 0. The predicted octanol–water partition coefficient (Wildman–Crippen LogP) is 0.697. The molecule has 0 unspecified atom stereocenters. The second kappa shape index (κ2) is 25.2. The van der Waals surface area contributed by atoms with Crippen LogP contribution in [0.3, 0.4) is 0 Å². The summed E-state index contributed by atoms with van der Waals surface area (Å²) in [4.78, 5) is 0. The summed E-state index contributed by atoms with van der Waals surface area (Å²) in [5.74, 6) is 0. The van der Waals surface area contributed by atoms with Crippen LogP contribution in [0.4, 0.5) is 0 Å². The first-order valence-corrected chi connectivity index (χ1v) is 12.8. The summed E-state index contributed by atoms with van der Waals surface area (Å²) >= 11 is 0. The molecule has 1 saturated heterocycles. The molecular weight excluding hydrogens is 464 g/mol. The average Bonchev–Trinajstić information content (AvgIpc) is 2.87. The molecule has 1 aliphatic heterocycles. The van der Waals surface area contributed by atoms with Gasteiger partial charge in [-0.3, -0.25) is 0 Å². The molecule has 1 aliphatic rings. The Bertz CT molecular complexity index is 408. The van der Waals surface area contributed by atoms with E-state index in [1.165, 1.54) is 0 Å². The Morgan fingerprint density at radius 3 is 1.51 bits per heavy atom. The normalized spacial score (nSPS) is 20.1. The molecule has 210 valence electrons. The molecule has 0 aromatic carbocycles. The minimum atomic E-state index is -0.778. The molecule has 1 rings (SSSR count). The highest BCUT2D eigenvalue weighted by molar-refractivity contribution is 4.81. The number of hydrogen-bond donors (Lipinski definition) is 1. The zero-order valence-electron chi connectivity index (χ0n) is 21.6. The molecule has 0 amide bonds. The first kappa shape index (κ1) is 32.6. The number of aliphatic hydroxyl groups excluding tert-OH is 1. The third-order valence-corrected chi connectivity index (χ3v) is 4.84. The van der Waals surface area contributed by atoms with E-state index in [9.17, 15) is 0 Å². The summed E-state index contributed by atoms with van der Waals surface area (Å²) in [5, 5.41) is 8.74. The zero-order valence-corrected chi connectivity index (χ0v) is 21.6. The number of aliphatic hydroxyl groups is 1. The van der Waals surface area contributed by atoms with Gasteiger partial charge in [-0.05, 0) is 6.42 Å². The number of hydrogen-bond acceptors (Lipinski definition) is 11. The Labute approximate surface area is 210 Å². The van der Waals surface area contributed by atoms with Crippen LogP contribution in [0.1, 0.15) is 19.8 Å². The summed E-state index contributed by atoms with van der Waals surface area (Å²) in [6.07, 6.45) is 2.02. The van der Waals surface area contributed by atoms with Gasteiger partial charge in [0.25, 0.3) is 0 Å². The molecule has 0 aliphatic carbocycles. The zero-order chi connectivity index (χ0) is 25.1. The Hall–Kier alpha value is -0.440. The number of rotatable bonds is 14. The third kappa shape index (κ3) is 20.3. The second-order valence-corrected chi connectivity index (χ2v) is 7.94. The van der Waals surface area contributed by atoms with E-state index in [1.807, 2.05) is 0 Å². The van der Waals surface area contributed by atoms with Gasteiger partial charge in [-0.25, -0.2) is 0 Å². The highest BCUT2D eigenvalue weighted by Crippen LogP contribution is 2.15. The average molecular weight is 513 g/mol. The lowest BCUT2D eigenvalue weighted by molar-refractivity contribution is -0.177. The van der Waals surface area contributed by atoms with Crippen LogP contribution >= 0.6 is 0 Å². The molecule has 11 nitrogen and oxygen atoms in total. The van der Waals surface area contributed by atoms with Gasteiger partial charge in [-0.2, -0.15) is 0 Å². The van der Waals surface area contributed by atoms with Gasteiger partial charge in [0.2, 0.25) is 0 Å². The molecule has 0 bridgehead atoms. The van der Waals surface area contributed by atoms with Crippen LogP contribution in [0, 0.1) is 0 Å². The molecule has 1 heterocycles. The lowest BCUT2D eigenvalue weighted by atomic mass is 10.1. The molecule has 1 N–H and O–H groups in total. The van der Waals surface area contributed by atoms with E-state index < -0.39 is 5.60 Å². The van der Waals surface area contributed by atoms with Crippen molar-refractivity contribution in [1.82, 2.24) is 0 Å². The van der Waals surface area contributed by atoms with Crippen molar-refractivity contribution >= 4 is 0 Å². The Morgan fingerprint density at radius 2 is 1.03 bits per heavy atom. The van der Waals surface area contributed by atoms with Crippen molar-refractivity contribution in [2.75, 3.05) is 132 Å². The standard InChI is InChI=1S/C24H48O11/c1-2-3-5-32-21-24(35-20-19-31-8-7-26-6-4-25)22-33-17-15-29-13-11-27-9-10-28-12-14-30-16-18-34-23-24/h25H,2-23H2,1H3. The molecular formula is C24H48O11. The van der Waals surface area contributed by atoms with Crippen LogP contribution in [0.2, 0.25) is 0 Å². The smallest absolute Gasteiger partial charge is 0.138 e. The fraction of sp³-hybridized carbons (Fsp3) is 1.00. The highest BCUT2D eigenvalue weighted by Gasteiger charge is 2.33. The first-order valence-electron chi connectivity index (χ1n) is 12.8. The number of ether oxygens (including phenoxy) is 10. The van der Waals surface area contributed by atoms with Gasteiger partial charge in [0, 0.05) is 6.61 Å². The van der Waals surface area contributed by atoms with E-state index in [-0.39, 0.29) is 6.61 Å². The van der Waals surface area contributed by atoms with Crippen molar-refractivity contribution in [2.45, 2.75) is 25.4 Å². The first-order chi connectivity index (χ1) is 17.3. The van der Waals surface area contributed by atoms with Crippen LogP contribution in [0.25, 0.3) is 0 Å². The monoisotopic (exact) mass is 512 g/mol. The lowest BCUT2D eigenvalue weighted by Gasteiger charge is -2.33. The molecule has 35 heavy (non-hydrogen) atoms. The predicted molar refractivity (Wildman–Crippen MR) is 128 cm³/mol. The van der Waals surface area contributed by atoms with Gasteiger partial charge < -0.3 is 52.5 Å². The van der Waals surface area contributed by atoms with Crippen molar-refractivity contribution in [3.8, 4) is 0 Å². The minimum Gasteiger partial charge on any atom is -0.394 e. The van der Waals surface area contributed by atoms with E-state index in [4.69, 9.17) is 52.5 Å². The Morgan fingerprint density at radius 1 is 0.571 bits per heavy atom. The van der Waals surface area contributed by atoms with Crippen LogP contribution < -0.4 is 0 Å². The van der Waals surface area contributed by atoms with Gasteiger partial charge in [0.15, 0.2) is 0 Å². The summed E-state index contributed by atoms with van der Waals surface area (Å²) < 4.78 is 56.8. The van der Waals surface area contributed by atoms with E-state index >= 15 is 0 Å². The quantitative estimate of drug-likeness (QED) is 0.332. The van der Waals surface area contributed by atoms with Crippen molar-refractivity contribution in [2.24, 2.45) is 0 Å². The fourth-order valence-electron chi connectivity index (χ4n) is 2.97. The summed E-state index contributed by atoms with van der Waals surface area (Å²) in [5.41, 5.74) is -0.778. The molecule has 0 saturated carbocycles. The third-order valence-electron chi connectivity index (χ3n) is 4.84. The van der Waals surface area contributed by atoms with Gasteiger partial charge in [0.05, 0.1) is 126 Å². The highest BCUT2D eigenvalue weighted by atomic mass is 16.6. The van der Waals surface area contributed by atoms with E-state index in [0.29, 0.717) is 126 Å². The van der Waals surface area contributed by atoms with Crippen LogP contribution in [-0.4, -0.2) is 143 Å². The second-order valence-electron chi connectivity index (χ2n) is 7.94. The number of unbranched alkanes of at least 4 members (excludes halogenated alkanes) is 1. The van der Waals surface area contributed by atoms with Gasteiger partial charge in [-0.1, -0.05) is 13.3 Å². The summed E-state index contributed by atoms with van der Waals surface area (Å²) in [6, 6.07) is 0. The topological polar surface area (TPSA) is 113 Å². The molecule has 0 aromatic rings. The maximum atomic E-state index is 8.74. The maximum Gasteiger partial charge on any atom is 0.138 e. The largest absolute Gasteiger partial charge is 0.394 e. The Kier molecular flexibility index (Phi) is 23.5. The van der Waals surface area contributed by atoms with Crippen molar-refractivity contribution in [1.29, 1.82) is 0 Å². The van der Waals surface area contributed by atoms with Crippen LogP contribution in [-0.2, 0) is 47.4 Å². The maximum absolute atomic E-state index is 8.74. The SMILES string of the molecule is CCCCOCC1(OCCOCCOCCO)COCCOCCOCCOCCOCCOC1. The van der Waals surface area contributed by atoms with Gasteiger partial charge in [-0.15, -0.1) is 0 Å². The van der Waals surface area contributed by atoms with Gasteiger partial charge in [0.1, 0.15) is 5.60 Å². The van der Waals surface area contributed by atoms with Crippen molar-refractivity contribution in [3.05, 3.63) is 0 Å². The summed E-state index contributed by atoms with van der Waals surface area (Å²) in [6.45, 7) is 10.4. The molecule has 0 atom stereocenters. The fourth-order valence-corrected chi connectivity index (χ4v) is 2.97. The van der Waals surface area contributed by atoms with E-state index in [2.05, 4.69) is 6.92 Å². The molecule has 1 fully saturated rings. The van der Waals surface area contributed by atoms with E-state index in [1.54, 1.807) is 0 Å². The minimum absolute atomic E-state index is 0.00129. The molecule has 0 spiro atoms. The lowest BCUT2D eigenvalue weighted by Crippen LogP contribution is -2.48. The Balaban J connectivity index is 2.57. The van der Waals surface area contributed by atoms with Crippen LogP contribution in [0.5, 0.6) is 0 Å². The van der Waals surface area contributed by atoms with E-state index in [0.717, 1.165) is 12.8 Å². The van der Waals surface area contributed by atoms with Gasteiger partial charge >= 0.3 is 0 Å². The van der Waals surface area contributed by atoms with Crippen molar-refractivity contribution < 1.29 is 52.5 Å².